The lowest BCUT2D eigenvalue weighted by atomic mass is 10.3. The Morgan fingerprint density at radius 1 is 1.29 bits per heavy atom. The summed E-state index contributed by atoms with van der Waals surface area (Å²) < 4.78 is 26.5. The number of nitrogens with one attached hydrogen (secondary N) is 1. The van der Waals surface area contributed by atoms with Crippen LogP contribution in [0.1, 0.15) is 9.67 Å². The van der Waals surface area contributed by atoms with Crippen LogP contribution in [0.5, 0.6) is 0 Å². The van der Waals surface area contributed by atoms with Gasteiger partial charge in [-0.05, 0) is 40.2 Å². The van der Waals surface area contributed by atoms with Crippen molar-refractivity contribution in [1.29, 1.82) is 0 Å². The molecule has 7 heteroatoms. The number of rotatable bonds is 2. The van der Waals surface area contributed by atoms with Gasteiger partial charge in [0.25, 0.3) is 5.91 Å². The predicted octanol–water partition coefficient (Wildman–Crippen LogP) is 3.44. The third-order valence-electron chi connectivity index (χ3n) is 1.86. The molecule has 0 fully saturated rings. The molecule has 0 radical (unpaired) electrons. The summed E-state index contributed by atoms with van der Waals surface area (Å²) in [5.41, 5.74) is -0.152. The van der Waals surface area contributed by atoms with E-state index < -0.39 is 17.8 Å². The molecule has 3 nitrogen and oxygen atoms in total. The standard InChI is InChI=1S/C10H5BrF2N2OS/c11-7-3-2-6(17-7)10(16)14-5-1-4-8(12)15-9(5)13/h1-4H,(H,14,16). The second kappa shape index (κ2) is 4.89. The molecule has 17 heavy (non-hydrogen) atoms. The summed E-state index contributed by atoms with van der Waals surface area (Å²) in [4.78, 5) is 15.0. The lowest BCUT2D eigenvalue weighted by Crippen LogP contribution is -2.12. The second-order valence-electron chi connectivity index (χ2n) is 3.03. The van der Waals surface area contributed by atoms with Gasteiger partial charge in [0.1, 0.15) is 0 Å². The second-order valence-corrected chi connectivity index (χ2v) is 5.49. The average Bonchev–Trinajstić information content (AvgIpc) is 2.69. The van der Waals surface area contributed by atoms with Crippen molar-refractivity contribution in [2.45, 2.75) is 0 Å². The van der Waals surface area contributed by atoms with E-state index in [0.29, 0.717) is 4.88 Å². The Bertz CT molecular complexity index is 573. The Balaban J connectivity index is 2.18. The molecule has 0 saturated heterocycles. The Morgan fingerprint density at radius 2 is 2.06 bits per heavy atom. The maximum atomic E-state index is 13.2. The normalized spacial score (nSPS) is 10.3. The first kappa shape index (κ1) is 12.1. The average molecular weight is 319 g/mol. The van der Waals surface area contributed by atoms with Crippen LogP contribution in [0.2, 0.25) is 0 Å². The maximum absolute atomic E-state index is 13.2. The Labute approximate surface area is 108 Å². The molecule has 0 aliphatic rings. The van der Waals surface area contributed by atoms with E-state index in [1.165, 1.54) is 11.3 Å². The molecule has 0 aliphatic heterocycles. The zero-order valence-electron chi connectivity index (χ0n) is 8.21. The number of nitrogens with zero attached hydrogens (tertiary/aromatic N) is 1. The molecule has 1 amide bonds. The van der Waals surface area contributed by atoms with Crippen molar-refractivity contribution in [3.8, 4) is 0 Å². The molecule has 2 heterocycles. The molecule has 0 unspecified atom stereocenters. The zero-order valence-corrected chi connectivity index (χ0v) is 10.6. The molecule has 0 saturated carbocycles. The topological polar surface area (TPSA) is 42.0 Å². The molecule has 2 aromatic heterocycles. The van der Waals surface area contributed by atoms with E-state index in [1.807, 2.05) is 0 Å². The summed E-state index contributed by atoms with van der Waals surface area (Å²) in [5.74, 6) is -2.44. The smallest absolute Gasteiger partial charge is 0.265 e. The molecular weight excluding hydrogens is 314 g/mol. The number of aromatic nitrogens is 1. The van der Waals surface area contributed by atoms with Crippen molar-refractivity contribution in [3.05, 3.63) is 44.8 Å². The summed E-state index contributed by atoms with van der Waals surface area (Å²) in [6.07, 6.45) is 0. The summed E-state index contributed by atoms with van der Waals surface area (Å²) in [6.45, 7) is 0. The molecule has 0 bridgehead atoms. The van der Waals surface area contributed by atoms with Crippen molar-refractivity contribution in [1.82, 2.24) is 4.98 Å². The number of thiophene rings is 1. The molecule has 2 aromatic rings. The Morgan fingerprint density at radius 3 is 2.65 bits per heavy atom. The van der Waals surface area contributed by atoms with Crippen molar-refractivity contribution >= 4 is 38.9 Å². The number of hydrogen-bond donors (Lipinski definition) is 1. The van der Waals surface area contributed by atoms with Crippen LogP contribution in [0, 0.1) is 11.9 Å². The van der Waals surface area contributed by atoms with Gasteiger partial charge >= 0.3 is 0 Å². The Kier molecular flexibility index (Phi) is 3.49. The highest BCUT2D eigenvalue weighted by Crippen LogP contribution is 2.23. The van der Waals surface area contributed by atoms with E-state index in [1.54, 1.807) is 12.1 Å². The quantitative estimate of drug-likeness (QED) is 0.862. The van der Waals surface area contributed by atoms with Crippen molar-refractivity contribution in [2.75, 3.05) is 5.32 Å². The highest BCUT2D eigenvalue weighted by Gasteiger charge is 2.12. The van der Waals surface area contributed by atoms with E-state index in [4.69, 9.17) is 0 Å². The van der Waals surface area contributed by atoms with Gasteiger partial charge in [-0.15, -0.1) is 11.3 Å². The molecule has 0 spiro atoms. The lowest BCUT2D eigenvalue weighted by Gasteiger charge is -2.03. The number of halogens is 3. The van der Waals surface area contributed by atoms with Crippen molar-refractivity contribution in [2.24, 2.45) is 0 Å². The van der Waals surface area contributed by atoms with Crippen LogP contribution >= 0.6 is 27.3 Å². The highest BCUT2D eigenvalue weighted by atomic mass is 79.9. The fraction of sp³-hybridized carbons (Fsp3) is 0. The Hall–Kier alpha value is -1.34. The van der Waals surface area contributed by atoms with Gasteiger partial charge in [0, 0.05) is 0 Å². The van der Waals surface area contributed by atoms with E-state index in [0.717, 1.165) is 15.9 Å². The van der Waals surface area contributed by atoms with Gasteiger partial charge in [0.15, 0.2) is 0 Å². The number of hydrogen-bond acceptors (Lipinski definition) is 3. The van der Waals surface area contributed by atoms with Gasteiger partial charge in [-0.25, -0.2) is 0 Å². The number of amides is 1. The van der Waals surface area contributed by atoms with Crippen LogP contribution < -0.4 is 5.32 Å². The van der Waals surface area contributed by atoms with E-state index in [2.05, 4.69) is 26.2 Å². The number of carbonyl (C=O) groups is 1. The first-order chi connectivity index (χ1) is 8.06. The van der Waals surface area contributed by atoms with Crippen molar-refractivity contribution < 1.29 is 13.6 Å². The summed E-state index contributed by atoms with van der Waals surface area (Å²) in [5, 5.41) is 2.31. The van der Waals surface area contributed by atoms with E-state index >= 15 is 0 Å². The molecule has 0 aliphatic carbocycles. The monoisotopic (exact) mass is 318 g/mol. The van der Waals surface area contributed by atoms with Gasteiger partial charge in [-0.3, -0.25) is 4.79 Å². The van der Waals surface area contributed by atoms with Gasteiger partial charge in [0.2, 0.25) is 11.9 Å². The van der Waals surface area contributed by atoms with E-state index in [9.17, 15) is 13.6 Å². The van der Waals surface area contributed by atoms with Crippen LogP contribution in [0.15, 0.2) is 28.1 Å². The van der Waals surface area contributed by atoms with Crippen molar-refractivity contribution in [3.63, 3.8) is 0 Å². The van der Waals surface area contributed by atoms with E-state index in [-0.39, 0.29) is 5.69 Å². The summed E-state index contributed by atoms with van der Waals surface area (Å²) in [7, 11) is 0. The molecule has 88 valence electrons. The van der Waals surface area contributed by atoms with Crippen LogP contribution in [0.3, 0.4) is 0 Å². The highest BCUT2D eigenvalue weighted by molar-refractivity contribution is 9.11. The fourth-order valence-corrected chi connectivity index (χ4v) is 2.41. The van der Waals surface area contributed by atoms with Crippen LogP contribution in [-0.4, -0.2) is 10.9 Å². The van der Waals surface area contributed by atoms with Crippen LogP contribution in [0.4, 0.5) is 14.5 Å². The zero-order chi connectivity index (χ0) is 12.4. The van der Waals surface area contributed by atoms with Gasteiger partial charge < -0.3 is 5.32 Å². The largest absolute Gasteiger partial charge is 0.317 e. The van der Waals surface area contributed by atoms with Crippen LogP contribution in [-0.2, 0) is 0 Å². The first-order valence-corrected chi connectivity index (χ1v) is 6.06. The third-order valence-corrected chi connectivity index (χ3v) is 3.48. The fourth-order valence-electron chi connectivity index (χ4n) is 1.13. The molecule has 0 atom stereocenters. The maximum Gasteiger partial charge on any atom is 0.265 e. The number of pyridine rings is 1. The SMILES string of the molecule is O=C(Nc1ccc(F)nc1F)c1ccc(Br)s1. The minimum atomic E-state index is -1.05. The first-order valence-electron chi connectivity index (χ1n) is 4.45. The lowest BCUT2D eigenvalue weighted by molar-refractivity contribution is 0.103. The van der Waals surface area contributed by atoms with Gasteiger partial charge in [-0.2, -0.15) is 13.8 Å². The molecular formula is C10H5BrF2N2OS. The number of carbonyl (C=O) groups excluding carboxylic acids is 1. The predicted molar refractivity (Wildman–Crippen MR) is 64.1 cm³/mol. The third kappa shape index (κ3) is 2.86. The summed E-state index contributed by atoms with van der Waals surface area (Å²) in [6, 6.07) is 5.40. The summed E-state index contributed by atoms with van der Waals surface area (Å²) >= 11 is 4.42. The minimum Gasteiger partial charge on any atom is -0.317 e. The van der Waals surface area contributed by atoms with Gasteiger partial charge in [0.05, 0.1) is 14.4 Å². The molecule has 1 N–H and O–H groups in total. The van der Waals surface area contributed by atoms with Crippen LogP contribution in [0.25, 0.3) is 0 Å². The molecule has 2 rings (SSSR count). The molecule has 0 aromatic carbocycles. The minimum absolute atomic E-state index is 0.152. The van der Waals surface area contributed by atoms with Gasteiger partial charge in [-0.1, -0.05) is 0 Å². The number of anilines is 1.